The number of rotatable bonds is 1. The van der Waals surface area contributed by atoms with E-state index < -0.39 is 0 Å². The average molecular weight is 190 g/mol. The topological polar surface area (TPSA) is 40.5 Å². The molecule has 4 atom stereocenters. The molecule has 1 saturated carbocycles. The third-order valence-corrected chi connectivity index (χ3v) is 3.59. The standard InChI is InChI=1S/C12H14O2/c13-11-6-9(11)10-5-7-3-1-2-4-8(7)12(10)14/h1-4,9-14H,5-6H2. The van der Waals surface area contributed by atoms with Gasteiger partial charge >= 0.3 is 0 Å². The Morgan fingerprint density at radius 2 is 1.79 bits per heavy atom. The number of benzene rings is 1. The second-order valence-corrected chi connectivity index (χ2v) is 4.48. The van der Waals surface area contributed by atoms with Gasteiger partial charge < -0.3 is 10.2 Å². The molecule has 0 bridgehead atoms. The van der Waals surface area contributed by atoms with Crippen LogP contribution in [0.2, 0.25) is 0 Å². The fraction of sp³-hybridized carbons (Fsp3) is 0.500. The van der Waals surface area contributed by atoms with Gasteiger partial charge in [-0.1, -0.05) is 24.3 Å². The number of hydrogen-bond acceptors (Lipinski definition) is 2. The lowest BCUT2D eigenvalue weighted by Crippen LogP contribution is -2.11. The van der Waals surface area contributed by atoms with Crippen molar-refractivity contribution in [3.05, 3.63) is 35.4 Å². The van der Waals surface area contributed by atoms with Crippen molar-refractivity contribution in [2.75, 3.05) is 0 Å². The fourth-order valence-corrected chi connectivity index (χ4v) is 2.65. The summed E-state index contributed by atoms with van der Waals surface area (Å²) in [5.74, 6) is 0.583. The molecular formula is C12H14O2. The van der Waals surface area contributed by atoms with Gasteiger partial charge in [-0.25, -0.2) is 0 Å². The van der Waals surface area contributed by atoms with Gasteiger partial charge in [0.05, 0.1) is 12.2 Å². The van der Waals surface area contributed by atoms with Gasteiger partial charge in [0.1, 0.15) is 0 Å². The molecule has 0 radical (unpaired) electrons. The summed E-state index contributed by atoms with van der Waals surface area (Å²) in [5, 5.41) is 19.4. The number of aliphatic hydroxyl groups is 2. The van der Waals surface area contributed by atoms with Gasteiger partial charge in [0.2, 0.25) is 0 Å². The Hall–Kier alpha value is -0.860. The predicted octanol–water partition coefficient (Wildman–Crippen LogP) is 1.27. The van der Waals surface area contributed by atoms with Crippen LogP contribution >= 0.6 is 0 Å². The zero-order valence-corrected chi connectivity index (χ0v) is 7.93. The summed E-state index contributed by atoms with van der Waals surface area (Å²) in [6.45, 7) is 0. The second-order valence-electron chi connectivity index (χ2n) is 4.48. The molecule has 0 aliphatic heterocycles. The first-order chi connectivity index (χ1) is 6.77. The highest BCUT2D eigenvalue weighted by Crippen LogP contribution is 2.49. The van der Waals surface area contributed by atoms with Gasteiger partial charge in [0, 0.05) is 0 Å². The van der Waals surface area contributed by atoms with Gasteiger partial charge in [0.25, 0.3) is 0 Å². The van der Waals surface area contributed by atoms with E-state index >= 15 is 0 Å². The molecule has 1 fully saturated rings. The van der Waals surface area contributed by atoms with Crippen LogP contribution < -0.4 is 0 Å². The SMILES string of the molecule is OC1CC1C1Cc2ccccc2C1O. The molecule has 4 unspecified atom stereocenters. The van der Waals surface area contributed by atoms with Crippen LogP contribution in [0.4, 0.5) is 0 Å². The van der Waals surface area contributed by atoms with Gasteiger partial charge in [-0.2, -0.15) is 0 Å². The molecular weight excluding hydrogens is 176 g/mol. The van der Waals surface area contributed by atoms with E-state index in [0.717, 1.165) is 18.4 Å². The third-order valence-electron chi connectivity index (χ3n) is 3.59. The molecule has 0 saturated heterocycles. The molecule has 1 aromatic rings. The Morgan fingerprint density at radius 1 is 1.07 bits per heavy atom. The second kappa shape index (κ2) is 2.81. The minimum atomic E-state index is -0.353. The fourth-order valence-electron chi connectivity index (χ4n) is 2.65. The summed E-state index contributed by atoms with van der Waals surface area (Å²) in [7, 11) is 0. The predicted molar refractivity (Wildman–Crippen MR) is 52.7 cm³/mol. The lowest BCUT2D eigenvalue weighted by atomic mass is 9.98. The first-order valence-corrected chi connectivity index (χ1v) is 5.21. The van der Waals surface area contributed by atoms with E-state index in [9.17, 15) is 10.2 Å². The van der Waals surface area contributed by atoms with E-state index in [0.29, 0.717) is 5.92 Å². The lowest BCUT2D eigenvalue weighted by molar-refractivity contribution is 0.0973. The normalized spacial score (nSPS) is 39.6. The van der Waals surface area contributed by atoms with Gasteiger partial charge in [-0.05, 0) is 35.8 Å². The van der Waals surface area contributed by atoms with Crippen molar-refractivity contribution >= 4 is 0 Å². The van der Waals surface area contributed by atoms with E-state index in [2.05, 4.69) is 6.07 Å². The van der Waals surface area contributed by atoms with Gasteiger partial charge in [-0.15, -0.1) is 0 Å². The first-order valence-electron chi connectivity index (χ1n) is 5.21. The van der Waals surface area contributed by atoms with Crippen LogP contribution in [-0.2, 0) is 6.42 Å². The molecule has 2 aliphatic rings. The average Bonchev–Trinajstić information content (AvgIpc) is 2.82. The van der Waals surface area contributed by atoms with Crippen LogP contribution in [0, 0.1) is 11.8 Å². The molecule has 2 aliphatic carbocycles. The highest BCUT2D eigenvalue weighted by Gasteiger charge is 2.47. The Morgan fingerprint density at radius 3 is 2.43 bits per heavy atom. The summed E-state index contributed by atoms with van der Waals surface area (Å²) in [4.78, 5) is 0. The van der Waals surface area contributed by atoms with Crippen molar-refractivity contribution < 1.29 is 10.2 Å². The zero-order chi connectivity index (χ0) is 9.71. The summed E-state index contributed by atoms with van der Waals surface area (Å²) in [6.07, 6.45) is 1.28. The summed E-state index contributed by atoms with van der Waals surface area (Å²) < 4.78 is 0. The minimum absolute atomic E-state index is 0.163. The largest absolute Gasteiger partial charge is 0.393 e. The monoisotopic (exact) mass is 190 g/mol. The maximum Gasteiger partial charge on any atom is 0.0827 e. The van der Waals surface area contributed by atoms with E-state index in [1.54, 1.807) is 0 Å². The quantitative estimate of drug-likeness (QED) is 0.700. The van der Waals surface area contributed by atoms with Crippen LogP contribution in [-0.4, -0.2) is 16.3 Å². The van der Waals surface area contributed by atoms with Crippen molar-refractivity contribution in [1.82, 2.24) is 0 Å². The van der Waals surface area contributed by atoms with Gasteiger partial charge in [0.15, 0.2) is 0 Å². The molecule has 0 spiro atoms. The molecule has 74 valence electrons. The van der Waals surface area contributed by atoms with Crippen molar-refractivity contribution in [2.45, 2.75) is 25.0 Å². The van der Waals surface area contributed by atoms with E-state index in [1.807, 2.05) is 18.2 Å². The number of hydrogen-bond donors (Lipinski definition) is 2. The van der Waals surface area contributed by atoms with Gasteiger partial charge in [-0.3, -0.25) is 0 Å². The Balaban J connectivity index is 1.90. The van der Waals surface area contributed by atoms with Crippen molar-refractivity contribution in [2.24, 2.45) is 11.8 Å². The Labute approximate surface area is 83.2 Å². The molecule has 1 aromatic carbocycles. The number of fused-ring (bicyclic) bond motifs is 1. The summed E-state index contributed by atoms with van der Waals surface area (Å²) >= 11 is 0. The zero-order valence-electron chi connectivity index (χ0n) is 7.93. The van der Waals surface area contributed by atoms with Crippen molar-refractivity contribution in [3.63, 3.8) is 0 Å². The Kier molecular flexibility index (Phi) is 1.70. The minimum Gasteiger partial charge on any atom is -0.393 e. The van der Waals surface area contributed by atoms with Crippen LogP contribution in [0.15, 0.2) is 24.3 Å². The Bertz CT molecular complexity index is 361. The molecule has 0 heterocycles. The molecule has 14 heavy (non-hydrogen) atoms. The van der Waals surface area contributed by atoms with Crippen LogP contribution in [0.3, 0.4) is 0 Å². The highest BCUT2D eigenvalue weighted by atomic mass is 16.3. The smallest absolute Gasteiger partial charge is 0.0827 e. The van der Waals surface area contributed by atoms with Crippen LogP contribution in [0.25, 0.3) is 0 Å². The van der Waals surface area contributed by atoms with Crippen LogP contribution in [0.1, 0.15) is 23.7 Å². The lowest BCUT2D eigenvalue weighted by Gasteiger charge is -2.13. The third kappa shape index (κ3) is 1.11. The first kappa shape index (κ1) is 8.45. The number of aliphatic hydroxyl groups excluding tert-OH is 2. The van der Waals surface area contributed by atoms with E-state index in [4.69, 9.17) is 0 Å². The molecule has 3 rings (SSSR count). The molecule has 0 amide bonds. The molecule has 2 heteroatoms. The summed E-state index contributed by atoms with van der Waals surface area (Å²) in [6, 6.07) is 8.05. The van der Waals surface area contributed by atoms with Crippen LogP contribution in [0.5, 0.6) is 0 Å². The van der Waals surface area contributed by atoms with E-state index in [-0.39, 0.29) is 18.1 Å². The molecule has 2 N–H and O–H groups in total. The van der Waals surface area contributed by atoms with Crippen molar-refractivity contribution in [1.29, 1.82) is 0 Å². The van der Waals surface area contributed by atoms with Crippen molar-refractivity contribution in [3.8, 4) is 0 Å². The maximum absolute atomic E-state index is 10.1. The summed E-state index contributed by atoms with van der Waals surface area (Å²) in [5.41, 5.74) is 2.32. The molecule has 2 nitrogen and oxygen atoms in total. The maximum atomic E-state index is 10.1. The highest BCUT2D eigenvalue weighted by molar-refractivity contribution is 5.35. The van der Waals surface area contributed by atoms with E-state index in [1.165, 1.54) is 5.56 Å². The molecule has 0 aromatic heterocycles.